The first kappa shape index (κ1) is 14.9. The van der Waals surface area contributed by atoms with Gasteiger partial charge in [0.1, 0.15) is 12.0 Å². The van der Waals surface area contributed by atoms with Crippen LogP contribution >= 0.6 is 0 Å². The molecular formula is C14H22O3Si. The quantitative estimate of drug-likeness (QED) is 0.671. The first-order valence-corrected chi connectivity index (χ1v) is 8.99. The maximum atomic E-state index is 10.9. The van der Waals surface area contributed by atoms with E-state index in [1.807, 2.05) is 0 Å². The predicted molar refractivity (Wildman–Crippen MR) is 75.6 cm³/mol. The second-order valence-corrected chi connectivity index (χ2v) is 10.8. The Bertz CT molecular complexity index is 433. The zero-order chi connectivity index (χ0) is 14.0. The van der Waals surface area contributed by atoms with Crippen LogP contribution in [-0.2, 0) is 6.61 Å². The highest BCUT2D eigenvalue weighted by Crippen LogP contribution is 2.37. The van der Waals surface area contributed by atoms with Crippen molar-refractivity contribution in [3.63, 3.8) is 0 Å². The van der Waals surface area contributed by atoms with Gasteiger partial charge >= 0.3 is 0 Å². The van der Waals surface area contributed by atoms with Crippen molar-refractivity contribution in [1.82, 2.24) is 0 Å². The minimum atomic E-state index is -1.91. The lowest BCUT2D eigenvalue weighted by Crippen LogP contribution is -2.43. The fraction of sp³-hybridized carbons (Fsp3) is 0.500. The number of hydrogen-bond acceptors (Lipinski definition) is 3. The van der Waals surface area contributed by atoms with E-state index in [-0.39, 0.29) is 11.6 Å². The largest absolute Gasteiger partial charge is 0.543 e. The monoisotopic (exact) mass is 266 g/mol. The highest BCUT2D eigenvalue weighted by Gasteiger charge is 2.39. The molecule has 0 saturated heterocycles. The molecule has 0 fully saturated rings. The van der Waals surface area contributed by atoms with Gasteiger partial charge in [0.25, 0.3) is 0 Å². The molecule has 0 spiro atoms. The SMILES string of the molecule is CC(C)(C)[Si](C)(C)Oc1cc(C=O)cc(CO)c1. The van der Waals surface area contributed by atoms with E-state index in [4.69, 9.17) is 4.43 Å². The van der Waals surface area contributed by atoms with Crippen molar-refractivity contribution in [3.05, 3.63) is 29.3 Å². The lowest BCUT2D eigenvalue weighted by atomic mass is 10.1. The molecule has 0 saturated carbocycles. The molecule has 0 amide bonds. The molecule has 4 heteroatoms. The fourth-order valence-corrected chi connectivity index (χ4v) is 2.37. The van der Waals surface area contributed by atoms with Crippen LogP contribution in [0.25, 0.3) is 0 Å². The minimum absolute atomic E-state index is 0.0878. The Kier molecular flexibility index (Phi) is 4.35. The number of hydrogen-bond donors (Lipinski definition) is 1. The molecule has 18 heavy (non-hydrogen) atoms. The van der Waals surface area contributed by atoms with Gasteiger partial charge in [-0.05, 0) is 41.9 Å². The highest BCUT2D eigenvalue weighted by molar-refractivity contribution is 6.74. The summed E-state index contributed by atoms with van der Waals surface area (Å²) >= 11 is 0. The second-order valence-electron chi connectivity index (χ2n) is 6.05. The first-order valence-electron chi connectivity index (χ1n) is 6.08. The molecule has 1 aromatic rings. The zero-order valence-corrected chi connectivity index (χ0v) is 12.8. The first-order chi connectivity index (χ1) is 8.19. The Morgan fingerprint density at radius 3 is 2.33 bits per heavy atom. The molecule has 1 aromatic carbocycles. The summed E-state index contributed by atoms with van der Waals surface area (Å²) in [6.07, 6.45) is 0.775. The molecule has 0 radical (unpaired) electrons. The van der Waals surface area contributed by atoms with E-state index >= 15 is 0 Å². The number of aldehydes is 1. The van der Waals surface area contributed by atoms with E-state index in [9.17, 15) is 9.90 Å². The molecule has 0 aromatic heterocycles. The van der Waals surface area contributed by atoms with E-state index < -0.39 is 8.32 Å². The van der Waals surface area contributed by atoms with Gasteiger partial charge in [0.05, 0.1) is 6.61 Å². The Morgan fingerprint density at radius 2 is 1.89 bits per heavy atom. The van der Waals surface area contributed by atoms with Crippen LogP contribution in [0.5, 0.6) is 5.75 Å². The van der Waals surface area contributed by atoms with Gasteiger partial charge in [-0.2, -0.15) is 0 Å². The molecule has 3 nitrogen and oxygen atoms in total. The molecular weight excluding hydrogens is 244 g/mol. The summed E-state index contributed by atoms with van der Waals surface area (Å²) in [5.41, 5.74) is 1.24. The van der Waals surface area contributed by atoms with Gasteiger partial charge in [-0.1, -0.05) is 20.8 Å². The van der Waals surface area contributed by atoms with Crippen molar-refractivity contribution in [1.29, 1.82) is 0 Å². The van der Waals surface area contributed by atoms with E-state index in [0.29, 0.717) is 16.9 Å². The average Bonchev–Trinajstić information content (AvgIpc) is 2.26. The van der Waals surface area contributed by atoms with Crippen molar-refractivity contribution in [2.75, 3.05) is 0 Å². The molecule has 0 heterocycles. The van der Waals surface area contributed by atoms with E-state index in [1.165, 1.54) is 0 Å². The van der Waals surface area contributed by atoms with Gasteiger partial charge in [-0.25, -0.2) is 0 Å². The van der Waals surface area contributed by atoms with Gasteiger partial charge in [0.2, 0.25) is 8.32 Å². The smallest absolute Gasteiger partial charge is 0.250 e. The summed E-state index contributed by atoms with van der Waals surface area (Å²) in [6.45, 7) is 10.7. The van der Waals surface area contributed by atoms with Crippen LogP contribution < -0.4 is 4.43 Å². The number of aliphatic hydroxyl groups excluding tert-OH is 1. The molecule has 0 atom stereocenters. The maximum absolute atomic E-state index is 10.9. The summed E-state index contributed by atoms with van der Waals surface area (Å²) in [7, 11) is -1.91. The summed E-state index contributed by atoms with van der Waals surface area (Å²) in [6, 6.07) is 5.20. The highest BCUT2D eigenvalue weighted by atomic mass is 28.4. The lowest BCUT2D eigenvalue weighted by molar-refractivity contribution is 0.112. The van der Waals surface area contributed by atoms with Gasteiger partial charge in [-0.3, -0.25) is 4.79 Å². The van der Waals surface area contributed by atoms with Crippen molar-refractivity contribution in [2.24, 2.45) is 0 Å². The summed E-state index contributed by atoms with van der Waals surface area (Å²) < 4.78 is 6.12. The fourth-order valence-electron chi connectivity index (χ4n) is 1.35. The molecule has 1 rings (SSSR count). The Hall–Kier alpha value is -1.13. The van der Waals surface area contributed by atoms with Crippen LogP contribution in [0.15, 0.2) is 18.2 Å². The van der Waals surface area contributed by atoms with Crippen LogP contribution in [0.1, 0.15) is 36.7 Å². The maximum Gasteiger partial charge on any atom is 0.250 e. The third-order valence-electron chi connectivity index (χ3n) is 3.49. The van der Waals surface area contributed by atoms with Gasteiger partial charge < -0.3 is 9.53 Å². The van der Waals surface area contributed by atoms with Gasteiger partial charge in [0, 0.05) is 5.56 Å². The summed E-state index contributed by atoms with van der Waals surface area (Å²) in [5, 5.41) is 9.28. The number of benzene rings is 1. The third kappa shape index (κ3) is 3.43. The Labute approximate surface area is 110 Å². The second kappa shape index (κ2) is 5.24. The predicted octanol–water partition coefficient (Wildman–Crippen LogP) is 3.38. The normalized spacial score (nSPS) is 12.3. The van der Waals surface area contributed by atoms with Crippen LogP contribution in [0, 0.1) is 0 Å². The Morgan fingerprint density at radius 1 is 1.28 bits per heavy atom. The molecule has 0 unspecified atom stereocenters. The van der Waals surface area contributed by atoms with Crippen LogP contribution in [0.4, 0.5) is 0 Å². The van der Waals surface area contributed by atoms with Crippen molar-refractivity contribution in [3.8, 4) is 5.75 Å². The van der Waals surface area contributed by atoms with Crippen LogP contribution in [-0.4, -0.2) is 19.7 Å². The van der Waals surface area contributed by atoms with Crippen LogP contribution in [0.3, 0.4) is 0 Å². The third-order valence-corrected chi connectivity index (χ3v) is 7.84. The van der Waals surface area contributed by atoms with Crippen molar-refractivity contribution < 1.29 is 14.3 Å². The summed E-state index contributed by atoms with van der Waals surface area (Å²) in [5.74, 6) is 0.676. The van der Waals surface area contributed by atoms with Gasteiger partial charge in [0.15, 0.2) is 0 Å². The number of carbonyl (C=O) groups excluding carboxylic acids is 1. The standard InChI is InChI=1S/C14H22O3Si/c1-14(2,3)18(4,5)17-13-7-11(9-15)6-12(8-13)10-16/h6-9,16H,10H2,1-5H3. The molecule has 0 bridgehead atoms. The van der Waals surface area contributed by atoms with Gasteiger partial charge in [-0.15, -0.1) is 0 Å². The van der Waals surface area contributed by atoms with E-state index in [2.05, 4.69) is 33.9 Å². The number of rotatable bonds is 4. The lowest BCUT2D eigenvalue weighted by Gasteiger charge is -2.36. The molecule has 0 aliphatic carbocycles. The Balaban J connectivity index is 3.07. The summed E-state index contributed by atoms with van der Waals surface area (Å²) in [4.78, 5) is 10.9. The van der Waals surface area contributed by atoms with Crippen LogP contribution in [0.2, 0.25) is 18.1 Å². The molecule has 0 aliphatic rings. The molecule has 100 valence electrons. The minimum Gasteiger partial charge on any atom is -0.543 e. The van der Waals surface area contributed by atoms with Crippen molar-refractivity contribution >= 4 is 14.6 Å². The zero-order valence-electron chi connectivity index (χ0n) is 11.8. The van der Waals surface area contributed by atoms with E-state index in [1.54, 1.807) is 18.2 Å². The van der Waals surface area contributed by atoms with E-state index in [0.717, 1.165) is 6.29 Å². The van der Waals surface area contributed by atoms with Crippen molar-refractivity contribution in [2.45, 2.75) is 45.5 Å². The topological polar surface area (TPSA) is 46.5 Å². The molecule has 1 N–H and O–H groups in total. The number of carbonyl (C=O) groups is 1. The average molecular weight is 266 g/mol. The number of aliphatic hydroxyl groups is 1. The molecule has 0 aliphatic heterocycles.